The Kier molecular flexibility index (Phi) is 4.13. The molecule has 18 heavy (non-hydrogen) atoms. The molecule has 2 aliphatic rings. The van der Waals surface area contributed by atoms with Gasteiger partial charge in [0.2, 0.25) is 0 Å². The van der Waals surface area contributed by atoms with Crippen LogP contribution in [0.15, 0.2) is 11.6 Å². The summed E-state index contributed by atoms with van der Waals surface area (Å²) < 4.78 is 0. The maximum absolute atomic E-state index is 4.39. The molecule has 0 aromatic carbocycles. The van der Waals surface area contributed by atoms with Crippen LogP contribution < -0.4 is 10.2 Å². The average Bonchev–Trinajstić information content (AvgIpc) is 3.10. The predicted molar refractivity (Wildman–Crippen MR) is 76.4 cm³/mol. The first-order valence-corrected chi connectivity index (χ1v) is 7.90. The lowest BCUT2D eigenvalue weighted by atomic mass is 10.1. The van der Waals surface area contributed by atoms with Crippen molar-refractivity contribution in [3.63, 3.8) is 0 Å². The van der Waals surface area contributed by atoms with Crippen LogP contribution in [0.4, 0.5) is 5.13 Å². The van der Waals surface area contributed by atoms with Gasteiger partial charge in [-0.05, 0) is 32.4 Å². The number of piperazine rings is 1. The molecule has 0 saturated carbocycles. The first-order chi connectivity index (χ1) is 8.92. The van der Waals surface area contributed by atoms with Gasteiger partial charge in [0.1, 0.15) is 0 Å². The molecule has 2 fully saturated rings. The molecule has 0 radical (unpaired) electrons. The number of hydrogen-bond donors (Lipinski definition) is 1. The van der Waals surface area contributed by atoms with E-state index in [1.54, 1.807) is 11.3 Å². The molecule has 0 spiro atoms. The van der Waals surface area contributed by atoms with E-state index in [1.165, 1.54) is 50.6 Å². The van der Waals surface area contributed by atoms with Crippen LogP contribution in [0.1, 0.15) is 19.3 Å². The molecule has 2 saturated heterocycles. The zero-order valence-corrected chi connectivity index (χ0v) is 11.7. The molecule has 3 rings (SSSR count). The minimum absolute atomic E-state index is 0.780. The van der Waals surface area contributed by atoms with Gasteiger partial charge in [-0.1, -0.05) is 0 Å². The van der Waals surface area contributed by atoms with Crippen molar-refractivity contribution in [2.75, 3.05) is 44.2 Å². The van der Waals surface area contributed by atoms with Crippen LogP contribution in [0.25, 0.3) is 0 Å². The second-order valence-electron chi connectivity index (χ2n) is 5.23. The number of anilines is 1. The molecule has 1 N–H and O–H groups in total. The van der Waals surface area contributed by atoms with Crippen LogP contribution in [0, 0.1) is 0 Å². The molecule has 1 aromatic rings. The third-order valence-corrected chi connectivity index (χ3v) is 4.85. The van der Waals surface area contributed by atoms with E-state index >= 15 is 0 Å². The zero-order valence-electron chi connectivity index (χ0n) is 10.8. The lowest BCUT2D eigenvalue weighted by Gasteiger charge is -2.35. The summed E-state index contributed by atoms with van der Waals surface area (Å²) >= 11 is 1.75. The second kappa shape index (κ2) is 5.99. The van der Waals surface area contributed by atoms with Gasteiger partial charge >= 0.3 is 0 Å². The maximum Gasteiger partial charge on any atom is 0.185 e. The van der Waals surface area contributed by atoms with E-state index in [0.717, 1.165) is 19.1 Å². The molecule has 0 bridgehead atoms. The highest BCUT2D eigenvalue weighted by molar-refractivity contribution is 7.13. The van der Waals surface area contributed by atoms with Gasteiger partial charge in [0.05, 0.1) is 0 Å². The zero-order chi connectivity index (χ0) is 12.2. The van der Waals surface area contributed by atoms with Crippen LogP contribution in [-0.2, 0) is 0 Å². The second-order valence-corrected chi connectivity index (χ2v) is 6.10. The van der Waals surface area contributed by atoms with Crippen molar-refractivity contribution in [1.29, 1.82) is 0 Å². The van der Waals surface area contributed by atoms with Crippen molar-refractivity contribution in [2.45, 2.75) is 25.3 Å². The third-order valence-electron chi connectivity index (χ3n) is 4.02. The summed E-state index contributed by atoms with van der Waals surface area (Å²) in [5.74, 6) is 0. The first kappa shape index (κ1) is 12.4. The van der Waals surface area contributed by atoms with Crippen LogP contribution in [0.3, 0.4) is 0 Å². The van der Waals surface area contributed by atoms with E-state index in [4.69, 9.17) is 0 Å². The highest BCUT2D eigenvalue weighted by atomic mass is 32.1. The van der Waals surface area contributed by atoms with E-state index in [9.17, 15) is 0 Å². The molecular weight excluding hydrogens is 244 g/mol. The fourth-order valence-electron chi connectivity index (χ4n) is 2.88. The Bertz CT molecular complexity index is 340. The van der Waals surface area contributed by atoms with Gasteiger partial charge in [-0.2, -0.15) is 0 Å². The summed E-state index contributed by atoms with van der Waals surface area (Å²) in [6, 6.07) is 0.780. The number of aromatic nitrogens is 1. The Hall–Kier alpha value is -0.650. The van der Waals surface area contributed by atoms with Crippen LogP contribution in [0.2, 0.25) is 0 Å². The van der Waals surface area contributed by atoms with Gasteiger partial charge in [0.25, 0.3) is 0 Å². The summed E-state index contributed by atoms with van der Waals surface area (Å²) in [4.78, 5) is 9.40. The van der Waals surface area contributed by atoms with Crippen LogP contribution in [0.5, 0.6) is 0 Å². The monoisotopic (exact) mass is 266 g/mol. The van der Waals surface area contributed by atoms with Gasteiger partial charge < -0.3 is 10.2 Å². The van der Waals surface area contributed by atoms with Crippen molar-refractivity contribution in [3.05, 3.63) is 11.6 Å². The number of hydrogen-bond acceptors (Lipinski definition) is 5. The summed E-state index contributed by atoms with van der Waals surface area (Å²) in [5, 5.41) is 6.83. The Morgan fingerprint density at radius 1 is 1.33 bits per heavy atom. The fourth-order valence-corrected chi connectivity index (χ4v) is 3.57. The fraction of sp³-hybridized carbons (Fsp3) is 0.769. The number of thiazole rings is 1. The molecular formula is C13H22N4S. The van der Waals surface area contributed by atoms with Crippen LogP contribution in [-0.4, -0.2) is 55.2 Å². The average molecular weight is 266 g/mol. The first-order valence-electron chi connectivity index (χ1n) is 7.02. The van der Waals surface area contributed by atoms with E-state index < -0.39 is 0 Å². The minimum Gasteiger partial charge on any atom is -0.346 e. The summed E-state index contributed by atoms with van der Waals surface area (Å²) in [6.45, 7) is 7.11. The summed E-state index contributed by atoms with van der Waals surface area (Å²) in [6.07, 6.45) is 5.96. The SMILES string of the molecule is c1csc(N2CCN(CCC3CCCN3)CC2)n1. The smallest absolute Gasteiger partial charge is 0.185 e. The van der Waals surface area contributed by atoms with Crippen molar-refractivity contribution in [2.24, 2.45) is 0 Å². The van der Waals surface area contributed by atoms with E-state index in [0.29, 0.717) is 0 Å². The predicted octanol–water partition coefficient (Wildman–Crippen LogP) is 1.41. The molecule has 3 heterocycles. The van der Waals surface area contributed by atoms with Crippen molar-refractivity contribution in [3.8, 4) is 0 Å². The standard InChI is InChI=1S/C13H22N4S/c1-2-12(14-4-1)3-6-16-7-9-17(10-8-16)13-15-5-11-18-13/h5,11-12,14H,1-4,6-10H2. The molecule has 4 nitrogen and oxygen atoms in total. The Labute approximate surface area is 113 Å². The molecule has 0 aliphatic carbocycles. The highest BCUT2D eigenvalue weighted by Gasteiger charge is 2.20. The quantitative estimate of drug-likeness (QED) is 0.893. The third kappa shape index (κ3) is 3.02. The van der Waals surface area contributed by atoms with Gasteiger partial charge in [-0.3, -0.25) is 4.90 Å². The summed E-state index contributed by atoms with van der Waals surface area (Å²) in [7, 11) is 0. The van der Waals surface area contributed by atoms with Gasteiger partial charge in [-0.15, -0.1) is 11.3 Å². The van der Waals surface area contributed by atoms with Crippen LogP contribution >= 0.6 is 11.3 Å². The molecule has 1 atom stereocenters. The molecule has 1 unspecified atom stereocenters. The normalized spacial score (nSPS) is 25.8. The van der Waals surface area contributed by atoms with E-state index in [-0.39, 0.29) is 0 Å². The maximum atomic E-state index is 4.39. The lowest BCUT2D eigenvalue weighted by Crippen LogP contribution is -2.47. The van der Waals surface area contributed by atoms with Crippen molar-refractivity contribution < 1.29 is 0 Å². The van der Waals surface area contributed by atoms with Gasteiger partial charge in [0, 0.05) is 43.8 Å². The minimum atomic E-state index is 0.780. The number of nitrogens with one attached hydrogen (secondary N) is 1. The number of rotatable bonds is 4. The largest absolute Gasteiger partial charge is 0.346 e. The van der Waals surface area contributed by atoms with Crippen molar-refractivity contribution >= 4 is 16.5 Å². The Morgan fingerprint density at radius 2 is 2.22 bits per heavy atom. The topological polar surface area (TPSA) is 31.4 Å². The molecule has 2 aliphatic heterocycles. The number of nitrogens with zero attached hydrogens (tertiary/aromatic N) is 3. The molecule has 100 valence electrons. The highest BCUT2D eigenvalue weighted by Crippen LogP contribution is 2.19. The van der Waals surface area contributed by atoms with Gasteiger partial charge in [0.15, 0.2) is 5.13 Å². The molecule has 5 heteroatoms. The summed E-state index contributed by atoms with van der Waals surface area (Å²) in [5.41, 5.74) is 0. The Balaban J connectivity index is 1.40. The lowest BCUT2D eigenvalue weighted by molar-refractivity contribution is 0.245. The molecule has 0 amide bonds. The Morgan fingerprint density at radius 3 is 2.89 bits per heavy atom. The van der Waals surface area contributed by atoms with E-state index in [1.807, 2.05) is 6.20 Å². The van der Waals surface area contributed by atoms with E-state index in [2.05, 4.69) is 25.5 Å². The van der Waals surface area contributed by atoms with Gasteiger partial charge in [-0.25, -0.2) is 4.98 Å². The molecule has 1 aromatic heterocycles. The van der Waals surface area contributed by atoms with Crippen molar-refractivity contribution in [1.82, 2.24) is 15.2 Å².